The monoisotopic (exact) mass is 297 g/mol. The van der Waals surface area contributed by atoms with Gasteiger partial charge in [-0.25, -0.2) is 0 Å². The molecule has 0 aromatic heterocycles. The van der Waals surface area contributed by atoms with Gasteiger partial charge in [0.15, 0.2) is 0 Å². The highest BCUT2D eigenvalue weighted by Crippen LogP contribution is 2.24. The van der Waals surface area contributed by atoms with Crippen molar-refractivity contribution in [3.8, 4) is 0 Å². The molecule has 0 spiro atoms. The van der Waals surface area contributed by atoms with E-state index in [2.05, 4.69) is 11.4 Å². The number of rotatable bonds is 8. The van der Waals surface area contributed by atoms with Crippen LogP contribution in [0.1, 0.15) is 17.5 Å². The van der Waals surface area contributed by atoms with E-state index in [4.69, 9.17) is 4.74 Å². The minimum absolute atomic E-state index is 0.277. The summed E-state index contributed by atoms with van der Waals surface area (Å²) >= 11 is 0. The maximum Gasteiger partial charge on any atom is 0.0783 e. The zero-order chi connectivity index (χ0) is 14.4. The molecule has 0 radical (unpaired) electrons. The number of aliphatic hydroxyl groups is 1. The summed E-state index contributed by atoms with van der Waals surface area (Å²) in [6.45, 7) is 1.75. The summed E-state index contributed by atoms with van der Waals surface area (Å²) in [5, 5.41) is 13.0. The van der Waals surface area contributed by atoms with Crippen LogP contribution in [0.15, 0.2) is 23.1 Å². The number of nitrogens with one attached hydrogen (secondary N) is 1. The van der Waals surface area contributed by atoms with E-state index in [1.54, 1.807) is 7.11 Å². The Morgan fingerprint density at radius 2 is 2.20 bits per heavy atom. The molecule has 0 amide bonds. The molecule has 1 aromatic carbocycles. The van der Waals surface area contributed by atoms with Crippen LogP contribution in [0, 0.1) is 0 Å². The third-order valence-corrected chi connectivity index (χ3v) is 5.01. The molecule has 0 aliphatic heterocycles. The Balaban J connectivity index is 1.82. The molecule has 0 bridgehead atoms. The van der Waals surface area contributed by atoms with Gasteiger partial charge in [-0.1, -0.05) is 6.07 Å². The molecule has 5 heteroatoms. The first-order chi connectivity index (χ1) is 9.70. The van der Waals surface area contributed by atoms with Crippen molar-refractivity contribution in [2.75, 3.05) is 32.6 Å². The Hall–Kier alpha value is -0.750. The number of benzene rings is 1. The van der Waals surface area contributed by atoms with E-state index in [-0.39, 0.29) is 5.75 Å². The van der Waals surface area contributed by atoms with Crippen molar-refractivity contribution in [2.45, 2.75) is 30.3 Å². The average Bonchev–Trinajstić information content (AvgIpc) is 2.90. The molecule has 0 fully saturated rings. The number of aliphatic hydroxyl groups excluding tert-OH is 1. The molecule has 2 unspecified atom stereocenters. The molecule has 4 nitrogen and oxygen atoms in total. The van der Waals surface area contributed by atoms with Crippen LogP contribution in [-0.4, -0.2) is 48.0 Å². The van der Waals surface area contributed by atoms with Gasteiger partial charge in [-0.3, -0.25) is 4.21 Å². The van der Waals surface area contributed by atoms with Crippen molar-refractivity contribution in [2.24, 2.45) is 0 Å². The van der Waals surface area contributed by atoms with E-state index in [0.717, 1.165) is 17.7 Å². The van der Waals surface area contributed by atoms with Crippen LogP contribution in [0.4, 0.5) is 0 Å². The summed E-state index contributed by atoms with van der Waals surface area (Å²) in [5.41, 5.74) is 2.70. The average molecular weight is 297 g/mol. The lowest BCUT2D eigenvalue weighted by molar-refractivity contribution is 0.174. The second-order valence-electron chi connectivity index (χ2n) is 5.15. The van der Waals surface area contributed by atoms with E-state index in [9.17, 15) is 9.32 Å². The quantitative estimate of drug-likeness (QED) is 0.699. The van der Waals surface area contributed by atoms with Crippen LogP contribution in [0.25, 0.3) is 0 Å². The Bertz CT molecular complexity index is 464. The van der Waals surface area contributed by atoms with Gasteiger partial charge in [-0.15, -0.1) is 0 Å². The molecule has 2 rings (SSSR count). The number of hydrogen-bond donors (Lipinski definition) is 2. The van der Waals surface area contributed by atoms with E-state index >= 15 is 0 Å². The summed E-state index contributed by atoms with van der Waals surface area (Å²) in [6, 6.07) is 6.06. The minimum Gasteiger partial charge on any atom is -0.391 e. The topological polar surface area (TPSA) is 58.6 Å². The summed E-state index contributed by atoms with van der Waals surface area (Å²) < 4.78 is 17.2. The van der Waals surface area contributed by atoms with Gasteiger partial charge in [0.25, 0.3) is 0 Å². The predicted octanol–water partition coefficient (Wildman–Crippen LogP) is 0.880. The van der Waals surface area contributed by atoms with E-state index < -0.39 is 16.9 Å². The van der Waals surface area contributed by atoms with Crippen LogP contribution in [0.2, 0.25) is 0 Å². The number of ether oxygens (including phenoxy) is 1. The summed E-state index contributed by atoms with van der Waals surface area (Å²) in [7, 11) is 0.506. The number of methoxy groups -OCH3 is 1. The molecule has 112 valence electrons. The maximum atomic E-state index is 12.2. The van der Waals surface area contributed by atoms with Gasteiger partial charge in [0, 0.05) is 25.1 Å². The normalized spacial score (nSPS) is 16.9. The van der Waals surface area contributed by atoms with Crippen LogP contribution in [0.3, 0.4) is 0 Å². The largest absolute Gasteiger partial charge is 0.391 e. The number of aryl methyl sites for hydroxylation is 2. The first-order valence-corrected chi connectivity index (χ1v) is 8.40. The first kappa shape index (κ1) is 15.6. The third kappa shape index (κ3) is 4.38. The molecule has 20 heavy (non-hydrogen) atoms. The van der Waals surface area contributed by atoms with Gasteiger partial charge in [0.2, 0.25) is 0 Å². The van der Waals surface area contributed by atoms with Crippen molar-refractivity contribution in [3.63, 3.8) is 0 Å². The van der Waals surface area contributed by atoms with Gasteiger partial charge in [0.05, 0.1) is 29.3 Å². The molecule has 2 atom stereocenters. The highest BCUT2D eigenvalue weighted by molar-refractivity contribution is 7.85. The highest BCUT2D eigenvalue weighted by atomic mass is 32.2. The molecule has 1 aliphatic rings. The predicted molar refractivity (Wildman–Crippen MR) is 80.5 cm³/mol. The van der Waals surface area contributed by atoms with Gasteiger partial charge < -0.3 is 15.2 Å². The van der Waals surface area contributed by atoms with Crippen molar-refractivity contribution >= 4 is 10.8 Å². The fraction of sp³-hybridized carbons (Fsp3) is 0.600. The first-order valence-electron chi connectivity index (χ1n) is 7.08. The lowest BCUT2D eigenvalue weighted by Gasteiger charge is -2.12. The third-order valence-electron chi connectivity index (χ3n) is 3.54. The lowest BCUT2D eigenvalue weighted by Crippen LogP contribution is -2.32. The Morgan fingerprint density at radius 3 is 3.00 bits per heavy atom. The van der Waals surface area contributed by atoms with E-state index in [0.29, 0.717) is 19.7 Å². The summed E-state index contributed by atoms with van der Waals surface area (Å²) in [6.07, 6.45) is 2.81. The Morgan fingerprint density at radius 1 is 1.40 bits per heavy atom. The van der Waals surface area contributed by atoms with Crippen LogP contribution >= 0.6 is 0 Å². The molecule has 0 saturated carbocycles. The van der Waals surface area contributed by atoms with Crippen LogP contribution < -0.4 is 5.32 Å². The van der Waals surface area contributed by atoms with Gasteiger partial charge in [-0.05, 0) is 42.5 Å². The zero-order valence-corrected chi connectivity index (χ0v) is 12.7. The molecule has 1 aliphatic carbocycles. The molecule has 0 heterocycles. The van der Waals surface area contributed by atoms with Crippen molar-refractivity contribution in [3.05, 3.63) is 29.3 Å². The number of fused-ring (bicyclic) bond motifs is 1. The second kappa shape index (κ2) is 7.88. The number of hydrogen-bond acceptors (Lipinski definition) is 4. The SMILES string of the molecule is COCCNCC(O)CS(=O)c1ccc2c(c1)CCC2. The highest BCUT2D eigenvalue weighted by Gasteiger charge is 2.15. The Kier molecular flexibility index (Phi) is 6.16. The van der Waals surface area contributed by atoms with E-state index in [1.807, 2.05) is 12.1 Å². The molecular weight excluding hydrogens is 274 g/mol. The van der Waals surface area contributed by atoms with Gasteiger partial charge >= 0.3 is 0 Å². The van der Waals surface area contributed by atoms with Crippen molar-refractivity contribution in [1.82, 2.24) is 5.32 Å². The van der Waals surface area contributed by atoms with Crippen molar-refractivity contribution in [1.29, 1.82) is 0 Å². The van der Waals surface area contributed by atoms with E-state index in [1.165, 1.54) is 17.5 Å². The maximum absolute atomic E-state index is 12.2. The standard InChI is InChI=1S/C15H23NO3S/c1-19-8-7-16-10-14(17)11-20(18)15-6-5-12-3-2-4-13(12)9-15/h5-6,9,14,16-17H,2-4,7-8,10-11H2,1H3. The minimum atomic E-state index is -1.13. The summed E-state index contributed by atoms with van der Waals surface area (Å²) in [5.74, 6) is 0.277. The zero-order valence-electron chi connectivity index (χ0n) is 11.9. The second-order valence-corrected chi connectivity index (χ2v) is 6.64. The summed E-state index contributed by atoms with van der Waals surface area (Å²) in [4.78, 5) is 0.835. The Labute approximate surface area is 123 Å². The lowest BCUT2D eigenvalue weighted by atomic mass is 10.1. The van der Waals surface area contributed by atoms with Crippen LogP contribution in [0.5, 0.6) is 0 Å². The fourth-order valence-corrected chi connectivity index (χ4v) is 3.62. The van der Waals surface area contributed by atoms with Crippen molar-refractivity contribution < 1.29 is 14.1 Å². The smallest absolute Gasteiger partial charge is 0.0783 e. The molecular formula is C15H23NO3S. The molecule has 0 saturated heterocycles. The molecule has 1 aromatic rings. The van der Waals surface area contributed by atoms with Gasteiger partial charge in [-0.2, -0.15) is 0 Å². The van der Waals surface area contributed by atoms with Crippen LogP contribution in [-0.2, 0) is 28.4 Å². The molecule has 2 N–H and O–H groups in total. The van der Waals surface area contributed by atoms with Gasteiger partial charge in [0.1, 0.15) is 0 Å². The fourth-order valence-electron chi connectivity index (χ4n) is 2.46.